The summed E-state index contributed by atoms with van der Waals surface area (Å²) in [6, 6.07) is 53.4. The van der Waals surface area contributed by atoms with Gasteiger partial charge in [-0.1, -0.05) is 121 Å². The lowest BCUT2D eigenvalue weighted by molar-refractivity contribution is 1.37. The van der Waals surface area contributed by atoms with Gasteiger partial charge in [0.2, 0.25) is 0 Å². The van der Waals surface area contributed by atoms with Crippen molar-refractivity contribution in [1.82, 2.24) is 15.0 Å². The van der Waals surface area contributed by atoms with Gasteiger partial charge in [0.1, 0.15) is 0 Å². The fraction of sp³-hybridized carbons (Fsp3) is 0. The number of aromatic nitrogens is 3. The highest BCUT2D eigenvalue weighted by Gasteiger charge is 2.21. The maximum Gasteiger partial charge on any atom is 0.0972 e. The van der Waals surface area contributed by atoms with Crippen LogP contribution in [0.25, 0.3) is 97.4 Å². The number of hydrogen-bond acceptors (Lipinski definition) is 4. The van der Waals surface area contributed by atoms with Crippen LogP contribution in [-0.4, -0.2) is 15.0 Å². The Morgan fingerprint density at radius 1 is 0.426 bits per heavy atom. The van der Waals surface area contributed by atoms with Gasteiger partial charge in [-0.15, -0.1) is 11.3 Å². The molecule has 0 unspecified atom stereocenters. The summed E-state index contributed by atoms with van der Waals surface area (Å²) in [4.78, 5) is 15.9. The number of rotatable bonds is 3. The average Bonchev–Trinajstić information content (AvgIpc) is 3.54. The summed E-state index contributed by atoms with van der Waals surface area (Å²) >= 11 is 1.84. The maximum absolute atomic E-state index is 5.42. The van der Waals surface area contributed by atoms with Crippen LogP contribution in [0.15, 0.2) is 152 Å². The highest BCUT2D eigenvalue weighted by Crippen LogP contribution is 2.47. The second kappa shape index (κ2) is 10.3. The van der Waals surface area contributed by atoms with Crippen molar-refractivity contribution in [3.05, 3.63) is 152 Å². The van der Waals surface area contributed by atoms with Crippen LogP contribution in [0, 0.1) is 0 Å². The predicted molar refractivity (Wildman–Crippen MR) is 199 cm³/mol. The lowest BCUT2D eigenvalue weighted by Gasteiger charge is -2.15. The zero-order valence-corrected chi connectivity index (χ0v) is 26.0. The van der Waals surface area contributed by atoms with Gasteiger partial charge in [-0.2, -0.15) is 0 Å². The molecule has 4 heteroatoms. The molecule has 0 radical (unpaired) electrons. The molecule has 4 aromatic heterocycles. The third-order valence-corrected chi connectivity index (χ3v) is 10.4. The monoisotopic (exact) mass is 615 g/mol. The molecule has 0 N–H and O–H groups in total. The van der Waals surface area contributed by atoms with Gasteiger partial charge >= 0.3 is 0 Å². The molecule has 0 saturated carbocycles. The van der Waals surface area contributed by atoms with E-state index in [2.05, 4.69) is 146 Å². The fourth-order valence-electron chi connectivity index (χ4n) is 7.02. The summed E-state index contributed by atoms with van der Waals surface area (Å²) < 4.78 is 2.50. The van der Waals surface area contributed by atoms with E-state index < -0.39 is 0 Å². The third-order valence-electron chi connectivity index (χ3n) is 9.22. The molecule has 10 rings (SSSR count). The Labute approximate surface area is 274 Å². The predicted octanol–water partition coefficient (Wildman–Crippen LogP) is 11.9. The Balaban J connectivity index is 1.33. The number of para-hydroxylation sites is 1. The highest BCUT2D eigenvalue weighted by molar-refractivity contribution is 7.26. The van der Waals surface area contributed by atoms with Crippen LogP contribution in [0.5, 0.6) is 0 Å². The van der Waals surface area contributed by atoms with Gasteiger partial charge in [-0.3, -0.25) is 0 Å². The minimum Gasteiger partial charge on any atom is -0.247 e. The first kappa shape index (κ1) is 26.3. The van der Waals surface area contributed by atoms with Crippen LogP contribution >= 0.6 is 11.3 Å². The lowest BCUT2D eigenvalue weighted by atomic mass is 9.93. The Kier molecular flexibility index (Phi) is 5.74. The van der Waals surface area contributed by atoms with Crippen molar-refractivity contribution in [1.29, 1.82) is 0 Å². The molecule has 0 spiro atoms. The van der Waals surface area contributed by atoms with E-state index in [4.69, 9.17) is 15.0 Å². The third kappa shape index (κ3) is 4.09. The van der Waals surface area contributed by atoms with E-state index in [1.807, 2.05) is 17.4 Å². The van der Waals surface area contributed by atoms with Crippen molar-refractivity contribution in [3.8, 4) is 33.8 Å². The van der Waals surface area contributed by atoms with Crippen molar-refractivity contribution in [2.45, 2.75) is 0 Å². The minimum atomic E-state index is 0.909. The largest absolute Gasteiger partial charge is 0.247 e. The number of thiophene rings is 1. The molecule has 0 fully saturated rings. The Bertz CT molecular complexity index is 2840. The molecule has 0 aliphatic carbocycles. The molecule has 0 aliphatic rings. The van der Waals surface area contributed by atoms with Gasteiger partial charge in [-0.05, 0) is 30.3 Å². The first-order chi connectivity index (χ1) is 23.3. The van der Waals surface area contributed by atoms with E-state index >= 15 is 0 Å². The summed E-state index contributed by atoms with van der Waals surface area (Å²) in [5, 5.41) is 8.21. The second-order valence-corrected chi connectivity index (χ2v) is 13.0. The Hall–Kier alpha value is -5.97. The van der Waals surface area contributed by atoms with E-state index in [0.29, 0.717) is 0 Å². The van der Waals surface area contributed by atoms with E-state index in [1.165, 1.54) is 25.6 Å². The highest BCUT2D eigenvalue weighted by atomic mass is 32.1. The quantitative estimate of drug-likeness (QED) is 0.186. The molecule has 0 amide bonds. The van der Waals surface area contributed by atoms with Crippen LogP contribution in [0.3, 0.4) is 0 Å². The summed E-state index contributed by atoms with van der Waals surface area (Å²) in [6.07, 6.45) is 0. The first-order valence-electron chi connectivity index (χ1n) is 15.8. The molecule has 0 saturated heterocycles. The number of hydrogen-bond donors (Lipinski definition) is 0. The fourth-order valence-corrected chi connectivity index (χ4v) is 8.26. The molecule has 218 valence electrons. The molecule has 3 nitrogen and oxygen atoms in total. The normalized spacial score (nSPS) is 11.8. The summed E-state index contributed by atoms with van der Waals surface area (Å²) in [6.45, 7) is 0. The van der Waals surface area contributed by atoms with Crippen molar-refractivity contribution in [2.24, 2.45) is 0 Å². The van der Waals surface area contributed by atoms with Gasteiger partial charge < -0.3 is 0 Å². The molecule has 6 aromatic carbocycles. The van der Waals surface area contributed by atoms with Gasteiger partial charge in [0.15, 0.2) is 0 Å². The molecular formula is C43H25N3S. The van der Waals surface area contributed by atoms with E-state index in [9.17, 15) is 0 Å². The molecule has 0 aliphatic heterocycles. The summed E-state index contributed by atoms with van der Waals surface area (Å²) in [5.74, 6) is 0. The molecule has 0 bridgehead atoms. The maximum atomic E-state index is 5.42. The Morgan fingerprint density at radius 2 is 1.02 bits per heavy atom. The summed E-state index contributed by atoms with van der Waals surface area (Å²) in [5.41, 5.74) is 8.99. The Morgan fingerprint density at radius 3 is 1.79 bits per heavy atom. The average molecular weight is 616 g/mol. The van der Waals surface area contributed by atoms with Gasteiger partial charge in [-0.25, -0.2) is 15.0 Å². The first-order valence-corrected chi connectivity index (χ1v) is 16.6. The van der Waals surface area contributed by atoms with Crippen LogP contribution in [0.4, 0.5) is 0 Å². The minimum absolute atomic E-state index is 0.909. The molecule has 0 atom stereocenters. The zero-order chi connectivity index (χ0) is 30.9. The number of pyridine rings is 3. The molecule has 47 heavy (non-hydrogen) atoms. The molecule has 10 aromatic rings. The molecule has 4 heterocycles. The lowest BCUT2D eigenvalue weighted by Crippen LogP contribution is -1.93. The summed E-state index contributed by atoms with van der Waals surface area (Å²) in [7, 11) is 0. The van der Waals surface area contributed by atoms with Crippen molar-refractivity contribution in [3.63, 3.8) is 0 Å². The second-order valence-electron chi connectivity index (χ2n) is 12.0. The van der Waals surface area contributed by atoms with Gasteiger partial charge in [0.05, 0.1) is 33.6 Å². The van der Waals surface area contributed by atoms with Crippen LogP contribution in [0.1, 0.15) is 0 Å². The number of nitrogens with zero attached hydrogens (tertiary/aromatic N) is 3. The smallest absolute Gasteiger partial charge is 0.0972 e. The van der Waals surface area contributed by atoms with E-state index in [-0.39, 0.29) is 0 Å². The zero-order valence-electron chi connectivity index (χ0n) is 25.2. The van der Waals surface area contributed by atoms with Crippen molar-refractivity contribution < 1.29 is 0 Å². The van der Waals surface area contributed by atoms with Crippen LogP contribution < -0.4 is 0 Å². The van der Waals surface area contributed by atoms with Gasteiger partial charge in [0.25, 0.3) is 0 Å². The number of fused-ring (bicyclic) bond motifs is 10. The van der Waals surface area contributed by atoms with Crippen LogP contribution in [-0.2, 0) is 0 Å². The SMILES string of the molecule is c1ccc(-c2ccc3ccc4ccc(-c5cc6c(-c7ccccc7)nc7ccccc7c6c6c5sc5ccccc56)nc4c3n2)cc1. The van der Waals surface area contributed by atoms with E-state index in [1.54, 1.807) is 0 Å². The number of benzene rings is 6. The van der Waals surface area contributed by atoms with Crippen LogP contribution in [0.2, 0.25) is 0 Å². The van der Waals surface area contributed by atoms with E-state index in [0.717, 1.165) is 71.9 Å². The van der Waals surface area contributed by atoms with Crippen molar-refractivity contribution >= 4 is 75.0 Å². The molecular weight excluding hydrogens is 591 g/mol. The topological polar surface area (TPSA) is 38.7 Å². The van der Waals surface area contributed by atoms with Gasteiger partial charge in [0, 0.05) is 63.8 Å². The standard InChI is InChI=1S/C43H25N3S/c1-3-11-26(12-4-1)34-23-21-28-19-20-29-22-24-36(46-42(29)41(28)44-34)32-25-33-38(39-31-16-8-10-18-37(31)47-43(32)39)30-15-7-9-17-35(30)45-40(33)27-13-5-2-6-14-27/h1-25H. The van der Waals surface area contributed by atoms with Crippen molar-refractivity contribution in [2.75, 3.05) is 0 Å².